The van der Waals surface area contributed by atoms with Gasteiger partial charge in [-0.2, -0.15) is 0 Å². The number of nitrogens with zero attached hydrogens (tertiary/aromatic N) is 2. The van der Waals surface area contributed by atoms with Crippen LogP contribution in [0.15, 0.2) is 60.0 Å². The second-order valence-electron chi connectivity index (χ2n) is 9.11. The Labute approximate surface area is 211 Å². The molecule has 4 rings (SSSR count). The third kappa shape index (κ3) is 5.97. The topological polar surface area (TPSA) is 82.5 Å². The van der Waals surface area contributed by atoms with Crippen molar-refractivity contribution in [2.45, 2.75) is 58.2 Å². The van der Waals surface area contributed by atoms with Crippen molar-refractivity contribution in [2.75, 3.05) is 6.54 Å². The third-order valence-electron chi connectivity index (χ3n) is 6.78. The van der Waals surface area contributed by atoms with Gasteiger partial charge in [0.2, 0.25) is 5.91 Å². The Balaban J connectivity index is 1.35. The first-order valence-corrected chi connectivity index (χ1v) is 13.1. The minimum Gasteiger partial charge on any atom is -0.382 e. The lowest BCUT2D eigenvalue weighted by Crippen LogP contribution is -2.47. The molecule has 1 aromatic heterocycles. The van der Waals surface area contributed by atoms with Crippen molar-refractivity contribution in [1.29, 1.82) is 0 Å². The number of amides is 2. The Kier molecular flexibility index (Phi) is 8.31. The first kappa shape index (κ1) is 25.1. The molecule has 0 radical (unpaired) electrons. The van der Waals surface area contributed by atoms with Crippen LogP contribution in [0.4, 0.5) is 0 Å². The Morgan fingerprint density at radius 3 is 2.66 bits per heavy atom. The van der Waals surface area contributed by atoms with Crippen LogP contribution in [0.1, 0.15) is 59.6 Å². The second-order valence-corrected chi connectivity index (χ2v) is 10.1. The quantitative estimate of drug-likeness (QED) is 0.465. The highest BCUT2D eigenvalue weighted by Gasteiger charge is 2.38. The van der Waals surface area contributed by atoms with Gasteiger partial charge in [0, 0.05) is 18.3 Å². The molecule has 0 aliphatic carbocycles. The fraction of sp³-hybridized carbons (Fsp3) is 0.393. The predicted molar refractivity (Wildman–Crippen MR) is 138 cm³/mol. The second kappa shape index (κ2) is 11.6. The molecular formula is C28H33N3O3S. The number of aromatic nitrogens is 1. The predicted octanol–water partition coefficient (Wildman–Crippen LogP) is 4.41. The highest BCUT2D eigenvalue weighted by atomic mass is 32.1. The van der Waals surface area contributed by atoms with Gasteiger partial charge in [-0.05, 0) is 42.9 Å². The Hall–Kier alpha value is -3.03. The molecule has 0 bridgehead atoms. The zero-order valence-electron chi connectivity index (χ0n) is 20.3. The monoisotopic (exact) mass is 491 g/mol. The summed E-state index contributed by atoms with van der Waals surface area (Å²) in [7, 11) is 0. The van der Waals surface area contributed by atoms with E-state index in [9.17, 15) is 14.7 Å². The number of aliphatic hydroxyl groups excluding tert-OH is 1. The molecule has 2 N–H and O–H groups in total. The van der Waals surface area contributed by atoms with Crippen LogP contribution in [0.2, 0.25) is 0 Å². The van der Waals surface area contributed by atoms with Gasteiger partial charge in [-0.15, -0.1) is 11.3 Å². The van der Waals surface area contributed by atoms with E-state index >= 15 is 0 Å². The summed E-state index contributed by atoms with van der Waals surface area (Å²) in [5.41, 5.74) is 4.49. The fourth-order valence-electron chi connectivity index (χ4n) is 4.75. The van der Waals surface area contributed by atoms with Crippen LogP contribution in [0.3, 0.4) is 0 Å². The molecule has 2 aromatic carbocycles. The van der Waals surface area contributed by atoms with Gasteiger partial charge in [0.05, 0.1) is 24.2 Å². The summed E-state index contributed by atoms with van der Waals surface area (Å²) in [5.74, 6) is -1.49. The van der Waals surface area contributed by atoms with Crippen LogP contribution >= 0.6 is 11.3 Å². The summed E-state index contributed by atoms with van der Waals surface area (Å²) >= 11 is 1.51. The fourth-order valence-corrected chi connectivity index (χ4v) is 5.49. The molecule has 1 saturated heterocycles. The normalized spacial score (nSPS) is 17.2. The number of likely N-dealkylation sites (tertiary alicyclic amines) is 1. The van der Waals surface area contributed by atoms with Gasteiger partial charge in [-0.1, -0.05) is 61.5 Å². The Morgan fingerprint density at radius 1 is 1.17 bits per heavy atom. The lowest BCUT2D eigenvalue weighted by molar-refractivity contribution is -0.149. The van der Waals surface area contributed by atoms with Crippen molar-refractivity contribution >= 4 is 23.2 Å². The maximum absolute atomic E-state index is 13.2. The van der Waals surface area contributed by atoms with Gasteiger partial charge in [0.15, 0.2) is 0 Å². The molecule has 2 heterocycles. The molecule has 7 heteroatoms. The first-order chi connectivity index (χ1) is 17.0. The average molecular weight is 492 g/mol. The molecule has 3 aromatic rings. The molecule has 1 aliphatic rings. The number of aryl methyl sites for hydroxylation is 1. The molecule has 184 valence electrons. The van der Waals surface area contributed by atoms with E-state index < -0.39 is 12.0 Å². The number of thiazole rings is 1. The number of hydrogen-bond donors (Lipinski definition) is 2. The molecule has 35 heavy (non-hydrogen) atoms. The van der Waals surface area contributed by atoms with Crippen LogP contribution in [0, 0.1) is 12.8 Å². The SMILES string of the molecule is CCC(C(=O)NCc1nc(Cc2ccccc2C)cs1)[C@@H](O)C(=O)N1CCCC1c1ccccc1. The van der Waals surface area contributed by atoms with E-state index in [0.717, 1.165) is 35.5 Å². The van der Waals surface area contributed by atoms with Crippen molar-refractivity contribution in [3.05, 3.63) is 87.4 Å². The van der Waals surface area contributed by atoms with E-state index in [0.29, 0.717) is 13.0 Å². The van der Waals surface area contributed by atoms with Gasteiger partial charge in [-0.3, -0.25) is 9.59 Å². The maximum Gasteiger partial charge on any atom is 0.252 e. The number of nitrogens with one attached hydrogen (secondary N) is 1. The molecular weight excluding hydrogens is 458 g/mol. The molecule has 0 spiro atoms. The highest BCUT2D eigenvalue weighted by Crippen LogP contribution is 2.33. The molecule has 2 unspecified atom stereocenters. The third-order valence-corrected chi connectivity index (χ3v) is 7.67. The number of hydrogen-bond acceptors (Lipinski definition) is 5. The molecule has 3 atom stereocenters. The number of carbonyl (C=O) groups is 2. The number of benzene rings is 2. The Morgan fingerprint density at radius 2 is 1.91 bits per heavy atom. The summed E-state index contributed by atoms with van der Waals surface area (Å²) in [5, 5.41) is 16.6. The summed E-state index contributed by atoms with van der Waals surface area (Å²) in [6.07, 6.45) is 1.51. The van der Waals surface area contributed by atoms with Crippen LogP contribution < -0.4 is 5.32 Å². The van der Waals surface area contributed by atoms with Crippen molar-refractivity contribution < 1.29 is 14.7 Å². The zero-order chi connectivity index (χ0) is 24.8. The van der Waals surface area contributed by atoms with Crippen molar-refractivity contribution in [1.82, 2.24) is 15.2 Å². The highest BCUT2D eigenvalue weighted by molar-refractivity contribution is 7.09. The van der Waals surface area contributed by atoms with E-state index in [1.54, 1.807) is 4.90 Å². The molecule has 6 nitrogen and oxygen atoms in total. The minimum atomic E-state index is -1.36. The molecule has 2 amide bonds. The van der Waals surface area contributed by atoms with Gasteiger partial charge < -0.3 is 15.3 Å². The van der Waals surface area contributed by atoms with E-state index in [1.807, 2.05) is 54.8 Å². The van der Waals surface area contributed by atoms with Gasteiger partial charge in [0.1, 0.15) is 11.1 Å². The van der Waals surface area contributed by atoms with Crippen molar-refractivity contribution in [3.63, 3.8) is 0 Å². The minimum absolute atomic E-state index is 0.0547. The average Bonchev–Trinajstić information content (AvgIpc) is 3.54. The first-order valence-electron chi connectivity index (χ1n) is 12.3. The summed E-state index contributed by atoms with van der Waals surface area (Å²) in [6.45, 7) is 4.79. The van der Waals surface area contributed by atoms with Crippen LogP contribution in [-0.4, -0.2) is 39.5 Å². The zero-order valence-corrected chi connectivity index (χ0v) is 21.1. The standard InChI is InChI=1S/C28H33N3O3S/c1-3-23(26(32)28(34)31-15-9-14-24(31)20-11-5-4-6-12-20)27(33)29-17-25-30-22(18-35-25)16-21-13-8-7-10-19(21)2/h4-8,10-13,18,23-24,26,32H,3,9,14-17H2,1-2H3,(H,29,33)/t23?,24?,26-/m1/s1. The van der Waals surface area contributed by atoms with E-state index in [-0.39, 0.29) is 24.4 Å². The van der Waals surface area contributed by atoms with E-state index in [4.69, 9.17) is 0 Å². The molecule has 0 saturated carbocycles. The summed E-state index contributed by atoms with van der Waals surface area (Å²) in [4.78, 5) is 32.5. The van der Waals surface area contributed by atoms with E-state index in [2.05, 4.69) is 29.4 Å². The molecule has 1 aliphatic heterocycles. The summed E-state index contributed by atoms with van der Waals surface area (Å²) < 4.78 is 0. The van der Waals surface area contributed by atoms with Crippen LogP contribution in [-0.2, 0) is 22.6 Å². The van der Waals surface area contributed by atoms with Crippen molar-refractivity contribution in [2.24, 2.45) is 5.92 Å². The van der Waals surface area contributed by atoms with E-state index in [1.165, 1.54) is 22.5 Å². The van der Waals surface area contributed by atoms with Gasteiger partial charge in [0.25, 0.3) is 5.91 Å². The lowest BCUT2D eigenvalue weighted by Gasteiger charge is -2.29. The van der Waals surface area contributed by atoms with Gasteiger partial charge >= 0.3 is 0 Å². The largest absolute Gasteiger partial charge is 0.382 e. The van der Waals surface area contributed by atoms with Crippen LogP contribution in [0.5, 0.6) is 0 Å². The Bertz CT molecular complexity index is 1150. The smallest absolute Gasteiger partial charge is 0.252 e. The number of carbonyl (C=O) groups excluding carboxylic acids is 2. The summed E-state index contributed by atoms with van der Waals surface area (Å²) in [6, 6.07) is 18.1. The van der Waals surface area contributed by atoms with Gasteiger partial charge in [-0.25, -0.2) is 4.98 Å². The number of aliphatic hydroxyl groups is 1. The molecule has 1 fully saturated rings. The van der Waals surface area contributed by atoms with Crippen LogP contribution in [0.25, 0.3) is 0 Å². The lowest BCUT2D eigenvalue weighted by atomic mass is 9.96. The van der Waals surface area contributed by atoms with Crippen molar-refractivity contribution in [3.8, 4) is 0 Å². The maximum atomic E-state index is 13.2. The number of rotatable bonds is 9.